The van der Waals surface area contributed by atoms with Crippen LogP contribution in [0.3, 0.4) is 0 Å². The molecule has 6 nitrogen and oxygen atoms in total. The SMILES string of the molecule is O=C(O)c1cc(Br)ccc1Nc1ccc(=O)[nH]n1. The van der Waals surface area contributed by atoms with Gasteiger partial charge in [-0.05, 0) is 24.3 Å². The second-order valence-corrected chi connectivity index (χ2v) is 4.34. The van der Waals surface area contributed by atoms with Gasteiger partial charge in [-0.3, -0.25) is 4.79 Å². The minimum atomic E-state index is -1.05. The number of nitrogens with zero attached hydrogens (tertiary/aromatic N) is 1. The Morgan fingerprint density at radius 3 is 2.72 bits per heavy atom. The van der Waals surface area contributed by atoms with Crippen molar-refractivity contribution in [3.8, 4) is 0 Å². The molecule has 1 aromatic heterocycles. The van der Waals surface area contributed by atoms with Gasteiger partial charge < -0.3 is 10.4 Å². The highest BCUT2D eigenvalue weighted by Gasteiger charge is 2.11. The minimum Gasteiger partial charge on any atom is -0.478 e. The van der Waals surface area contributed by atoms with E-state index in [2.05, 4.69) is 31.4 Å². The molecular formula is C11H8BrN3O3. The highest BCUT2D eigenvalue weighted by molar-refractivity contribution is 9.10. The number of carboxylic acid groups (broad SMARTS) is 1. The number of H-pyrrole nitrogens is 1. The van der Waals surface area contributed by atoms with Crippen LogP contribution in [0.4, 0.5) is 11.5 Å². The van der Waals surface area contributed by atoms with E-state index in [4.69, 9.17) is 5.11 Å². The third kappa shape index (κ3) is 2.75. The van der Waals surface area contributed by atoms with Crippen molar-refractivity contribution in [2.75, 3.05) is 5.32 Å². The molecule has 0 aliphatic rings. The maximum atomic E-state index is 11.1. The second-order valence-electron chi connectivity index (χ2n) is 3.43. The van der Waals surface area contributed by atoms with Crippen molar-refractivity contribution in [3.05, 3.63) is 50.7 Å². The Bertz CT molecular complexity index is 634. The third-order valence-electron chi connectivity index (χ3n) is 2.15. The predicted octanol–water partition coefficient (Wildman–Crippen LogP) is 1.97. The van der Waals surface area contributed by atoms with E-state index in [1.165, 1.54) is 18.2 Å². The summed E-state index contributed by atoms with van der Waals surface area (Å²) in [4.78, 5) is 21.9. The van der Waals surface area contributed by atoms with Gasteiger partial charge in [0.15, 0.2) is 5.82 Å². The molecule has 0 radical (unpaired) electrons. The first-order chi connectivity index (χ1) is 8.56. The quantitative estimate of drug-likeness (QED) is 0.805. The lowest BCUT2D eigenvalue weighted by molar-refractivity contribution is 0.0698. The molecule has 3 N–H and O–H groups in total. The molecular weight excluding hydrogens is 302 g/mol. The van der Waals surface area contributed by atoms with Crippen molar-refractivity contribution in [2.45, 2.75) is 0 Å². The molecule has 0 aliphatic heterocycles. The molecule has 0 saturated carbocycles. The number of hydrogen-bond donors (Lipinski definition) is 3. The Morgan fingerprint density at radius 1 is 1.33 bits per heavy atom. The number of rotatable bonds is 3. The zero-order valence-electron chi connectivity index (χ0n) is 8.98. The molecule has 0 aliphatic carbocycles. The Kier molecular flexibility index (Phi) is 3.42. The number of carbonyl (C=O) groups is 1. The fourth-order valence-electron chi connectivity index (χ4n) is 1.35. The van der Waals surface area contributed by atoms with E-state index >= 15 is 0 Å². The summed E-state index contributed by atoms with van der Waals surface area (Å²) in [5.74, 6) is -0.692. The molecule has 1 aromatic carbocycles. The van der Waals surface area contributed by atoms with E-state index < -0.39 is 5.97 Å². The zero-order chi connectivity index (χ0) is 13.1. The summed E-state index contributed by atoms with van der Waals surface area (Å²) in [6.07, 6.45) is 0. The summed E-state index contributed by atoms with van der Waals surface area (Å²) >= 11 is 3.21. The van der Waals surface area contributed by atoms with Gasteiger partial charge in [0.05, 0.1) is 11.3 Å². The lowest BCUT2D eigenvalue weighted by atomic mass is 10.2. The number of carboxylic acids is 1. The summed E-state index contributed by atoms with van der Waals surface area (Å²) in [5, 5.41) is 17.9. The van der Waals surface area contributed by atoms with Crippen molar-refractivity contribution in [1.29, 1.82) is 0 Å². The molecule has 0 spiro atoms. The van der Waals surface area contributed by atoms with E-state index in [1.54, 1.807) is 12.1 Å². The van der Waals surface area contributed by atoms with Crippen molar-refractivity contribution in [2.24, 2.45) is 0 Å². The molecule has 0 bridgehead atoms. The first kappa shape index (κ1) is 12.3. The Morgan fingerprint density at radius 2 is 2.11 bits per heavy atom. The van der Waals surface area contributed by atoms with E-state index in [1.807, 2.05) is 0 Å². The van der Waals surface area contributed by atoms with Gasteiger partial charge >= 0.3 is 5.97 Å². The summed E-state index contributed by atoms with van der Waals surface area (Å²) in [6.45, 7) is 0. The molecule has 1 heterocycles. The topological polar surface area (TPSA) is 95.1 Å². The standard InChI is InChI=1S/C11H8BrN3O3/c12-6-1-2-8(7(5-6)11(17)18)13-9-3-4-10(16)15-14-9/h1-5H,(H,13,14)(H,15,16)(H,17,18). The molecule has 0 saturated heterocycles. The number of aromatic carboxylic acids is 1. The monoisotopic (exact) mass is 309 g/mol. The van der Waals surface area contributed by atoms with Crippen LogP contribution in [0, 0.1) is 0 Å². The Hall–Kier alpha value is -2.15. The average molecular weight is 310 g/mol. The lowest BCUT2D eigenvalue weighted by Crippen LogP contribution is -2.09. The predicted molar refractivity (Wildman–Crippen MR) is 69.2 cm³/mol. The Balaban J connectivity index is 2.36. The van der Waals surface area contributed by atoms with E-state index in [9.17, 15) is 9.59 Å². The zero-order valence-corrected chi connectivity index (χ0v) is 10.6. The number of aromatic nitrogens is 2. The molecule has 2 rings (SSSR count). The molecule has 0 atom stereocenters. The van der Waals surface area contributed by atoms with Gasteiger partial charge in [-0.2, -0.15) is 5.10 Å². The van der Waals surface area contributed by atoms with Gasteiger partial charge in [-0.25, -0.2) is 9.89 Å². The summed E-state index contributed by atoms with van der Waals surface area (Å²) in [7, 11) is 0. The van der Waals surface area contributed by atoms with E-state index in [0.717, 1.165) is 0 Å². The highest BCUT2D eigenvalue weighted by atomic mass is 79.9. The lowest BCUT2D eigenvalue weighted by Gasteiger charge is -2.08. The number of anilines is 2. The third-order valence-corrected chi connectivity index (χ3v) is 2.65. The van der Waals surface area contributed by atoms with Crippen molar-refractivity contribution >= 4 is 33.4 Å². The van der Waals surface area contributed by atoms with Gasteiger partial charge in [0.2, 0.25) is 0 Å². The summed E-state index contributed by atoms with van der Waals surface area (Å²) in [6, 6.07) is 7.57. The second kappa shape index (κ2) is 5.01. The molecule has 18 heavy (non-hydrogen) atoms. The summed E-state index contributed by atoms with van der Waals surface area (Å²) in [5.41, 5.74) is 0.178. The summed E-state index contributed by atoms with van der Waals surface area (Å²) < 4.78 is 0.667. The van der Waals surface area contributed by atoms with Crippen LogP contribution in [0.2, 0.25) is 0 Å². The number of aromatic amines is 1. The maximum Gasteiger partial charge on any atom is 0.337 e. The van der Waals surface area contributed by atoms with E-state index in [0.29, 0.717) is 16.0 Å². The van der Waals surface area contributed by atoms with Crippen molar-refractivity contribution in [3.63, 3.8) is 0 Å². The fraction of sp³-hybridized carbons (Fsp3) is 0. The van der Waals surface area contributed by atoms with Crippen LogP contribution in [0.25, 0.3) is 0 Å². The molecule has 2 aromatic rings. The van der Waals surface area contributed by atoms with Crippen LogP contribution in [-0.2, 0) is 0 Å². The van der Waals surface area contributed by atoms with Crippen LogP contribution in [-0.4, -0.2) is 21.3 Å². The number of hydrogen-bond acceptors (Lipinski definition) is 4. The minimum absolute atomic E-state index is 0.109. The Labute approximate surface area is 110 Å². The molecule has 0 unspecified atom stereocenters. The van der Waals surface area contributed by atoms with Crippen molar-refractivity contribution in [1.82, 2.24) is 10.2 Å². The fourth-order valence-corrected chi connectivity index (χ4v) is 1.72. The normalized spacial score (nSPS) is 10.1. The number of halogens is 1. The molecule has 92 valence electrons. The van der Waals surface area contributed by atoms with Crippen LogP contribution in [0.1, 0.15) is 10.4 Å². The smallest absolute Gasteiger partial charge is 0.337 e. The van der Waals surface area contributed by atoms with Crippen molar-refractivity contribution < 1.29 is 9.90 Å². The first-order valence-corrected chi connectivity index (χ1v) is 5.71. The molecule has 0 fully saturated rings. The van der Waals surface area contributed by atoms with Crippen LogP contribution in [0.5, 0.6) is 0 Å². The largest absolute Gasteiger partial charge is 0.478 e. The molecule has 7 heteroatoms. The van der Waals surface area contributed by atoms with Gasteiger partial charge in [-0.15, -0.1) is 0 Å². The van der Waals surface area contributed by atoms with Crippen LogP contribution >= 0.6 is 15.9 Å². The van der Waals surface area contributed by atoms with Crippen LogP contribution in [0.15, 0.2) is 39.6 Å². The first-order valence-electron chi connectivity index (χ1n) is 4.92. The number of nitrogens with one attached hydrogen (secondary N) is 2. The molecule has 0 amide bonds. The van der Waals surface area contributed by atoms with Gasteiger partial charge in [0, 0.05) is 10.5 Å². The van der Waals surface area contributed by atoms with Crippen LogP contribution < -0.4 is 10.9 Å². The maximum absolute atomic E-state index is 11.1. The van der Waals surface area contributed by atoms with Gasteiger partial charge in [0.25, 0.3) is 5.56 Å². The average Bonchev–Trinajstić information content (AvgIpc) is 2.34. The van der Waals surface area contributed by atoms with Gasteiger partial charge in [0.1, 0.15) is 0 Å². The number of benzene rings is 1. The highest BCUT2D eigenvalue weighted by Crippen LogP contribution is 2.23. The van der Waals surface area contributed by atoms with Gasteiger partial charge in [-0.1, -0.05) is 15.9 Å². The van der Waals surface area contributed by atoms with E-state index in [-0.39, 0.29) is 11.1 Å².